The molecule has 2 N–H and O–H groups in total. The molecule has 2 rings (SSSR count). The number of unbranched alkanes of at least 4 members (excludes halogenated alkanes) is 5. The lowest BCUT2D eigenvalue weighted by atomic mass is 9.96. The van der Waals surface area contributed by atoms with Gasteiger partial charge in [0.25, 0.3) is 0 Å². The molecule has 2 atom stereocenters. The van der Waals surface area contributed by atoms with Crippen molar-refractivity contribution in [1.29, 1.82) is 0 Å². The molecule has 6 heteroatoms. The summed E-state index contributed by atoms with van der Waals surface area (Å²) in [7, 11) is 0. The first-order chi connectivity index (χ1) is 14.7. The van der Waals surface area contributed by atoms with E-state index in [2.05, 4.69) is 45.4 Å². The zero-order chi connectivity index (χ0) is 21.3. The number of carbonyl (C=O) groups excluding carboxylic acids is 2. The molecule has 166 valence electrons. The van der Waals surface area contributed by atoms with Gasteiger partial charge in [0.05, 0.1) is 0 Å². The third kappa shape index (κ3) is 11.7. The molecule has 6 nitrogen and oxygen atoms in total. The Bertz CT molecular complexity index is 571. The molecule has 0 aromatic heterocycles. The standard InChI is InChI=1S/C24H38N4O2/c29-23(27-25-19-21-13-7-5-8-14-21)17-11-3-1-2-4-12-18-24(30)28-26-20-22-15-9-6-10-16-22/h5-7,9,19-22H,1-4,8,10-18H2,(H,27,29)(H,28,30). The normalized spacial score (nSPS) is 21.3. The Kier molecular flexibility index (Phi) is 12.5. The zero-order valence-electron chi connectivity index (χ0n) is 18.2. The Morgan fingerprint density at radius 3 is 1.53 bits per heavy atom. The molecule has 0 radical (unpaired) electrons. The second-order valence-electron chi connectivity index (χ2n) is 8.34. The van der Waals surface area contributed by atoms with E-state index in [9.17, 15) is 9.59 Å². The molecule has 0 bridgehead atoms. The Morgan fingerprint density at radius 1 is 0.700 bits per heavy atom. The van der Waals surface area contributed by atoms with Crippen molar-refractivity contribution in [3.63, 3.8) is 0 Å². The van der Waals surface area contributed by atoms with Crippen LogP contribution in [-0.4, -0.2) is 24.2 Å². The highest BCUT2D eigenvalue weighted by atomic mass is 16.2. The van der Waals surface area contributed by atoms with Crippen LogP contribution in [0.25, 0.3) is 0 Å². The fourth-order valence-electron chi connectivity index (χ4n) is 3.72. The molecule has 2 aliphatic rings. The number of nitrogens with one attached hydrogen (secondary N) is 2. The van der Waals surface area contributed by atoms with Gasteiger partial charge in [-0.15, -0.1) is 0 Å². The highest BCUT2D eigenvalue weighted by molar-refractivity contribution is 5.77. The smallest absolute Gasteiger partial charge is 0.240 e. The number of rotatable bonds is 13. The van der Waals surface area contributed by atoms with E-state index < -0.39 is 0 Å². The Labute approximate surface area is 181 Å². The number of allylic oxidation sites excluding steroid dienone is 4. The van der Waals surface area contributed by atoms with Crippen LogP contribution in [0.5, 0.6) is 0 Å². The van der Waals surface area contributed by atoms with Gasteiger partial charge in [-0.2, -0.15) is 10.2 Å². The molecule has 2 aliphatic carbocycles. The summed E-state index contributed by atoms with van der Waals surface area (Å²) < 4.78 is 0. The average Bonchev–Trinajstić information content (AvgIpc) is 2.77. The predicted octanol–water partition coefficient (Wildman–Crippen LogP) is 5.02. The minimum atomic E-state index is -0.000855. The van der Waals surface area contributed by atoms with Crippen LogP contribution in [0.2, 0.25) is 0 Å². The van der Waals surface area contributed by atoms with Gasteiger partial charge in [0, 0.05) is 25.3 Å². The third-order valence-corrected chi connectivity index (χ3v) is 5.63. The predicted molar refractivity (Wildman–Crippen MR) is 123 cm³/mol. The number of amides is 2. The number of nitrogens with zero attached hydrogens (tertiary/aromatic N) is 2. The van der Waals surface area contributed by atoms with Gasteiger partial charge in [-0.3, -0.25) is 9.59 Å². The molecule has 0 spiro atoms. The second-order valence-corrected chi connectivity index (χ2v) is 8.34. The van der Waals surface area contributed by atoms with E-state index in [4.69, 9.17) is 0 Å². The molecule has 2 unspecified atom stereocenters. The van der Waals surface area contributed by atoms with Crippen molar-refractivity contribution in [2.45, 2.75) is 89.9 Å². The topological polar surface area (TPSA) is 82.9 Å². The Hall–Kier alpha value is -2.24. The van der Waals surface area contributed by atoms with Crippen LogP contribution in [0.1, 0.15) is 89.9 Å². The third-order valence-electron chi connectivity index (χ3n) is 5.63. The summed E-state index contributed by atoms with van der Waals surface area (Å²) in [5.41, 5.74) is 5.28. The van der Waals surface area contributed by atoms with Gasteiger partial charge in [0.1, 0.15) is 0 Å². The highest BCUT2D eigenvalue weighted by Crippen LogP contribution is 2.16. The lowest BCUT2D eigenvalue weighted by molar-refractivity contribution is -0.122. The number of carbonyl (C=O) groups is 2. The van der Waals surface area contributed by atoms with E-state index in [0.717, 1.165) is 77.0 Å². The van der Waals surface area contributed by atoms with Crippen LogP contribution in [-0.2, 0) is 9.59 Å². The summed E-state index contributed by atoms with van der Waals surface area (Å²) >= 11 is 0. The molecule has 0 aromatic rings. The van der Waals surface area contributed by atoms with E-state index in [-0.39, 0.29) is 11.8 Å². The molecule has 0 heterocycles. The Balaban J connectivity index is 1.37. The van der Waals surface area contributed by atoms with Crippen LogP contribution >= 0.6 is 0 Å². The molecule has 0 fully saturated rings. The van der Waals surface area contributed by atoms with Crippen molar-refractivity contribution in [2.24, 2.45) is 22.0 Å². The second kappa shape index (κ2) is 15.6. The molecule has 2 amide bonds. The van der Waals surface area contributed by atoms with Crippen molar-refractivity contribution in [3.05, 3.63) is 24.3 Å². The SMILES string of the molecule is O=C(CCCCCCCCC(=O)NN=CC1CC=CCC1)NN=CC1CC=CCC1. The van der Waals surface area contributed by atoms with Crippen LogP contribution < -0.4 is 10.9 Å². The van der Waals surface area contributed by atoms with E-state index >= 15 is 0 Å². The molecule has 0 saturated carbocycles. The monoisotopic (exact) mass is 414 g/mol. The van der Waals surface area contributed by atoms with Crippen molar-refractivity contribution < 1.29 is 9.59 Å². The maximum absolute atomic E-state index is 11.8. The first kappa shape index (κ1) is 24.0. The lowest BCUT2D eigenvalue weighted by Crippen LogP contribution is -2.18. The zero-order valence-corrected chi connectivity index (χ0v) is 18.2. The Morgan fingerprint density at radius 2 is 1.13 bits per heavy atom. The molecular formula is C24H38N4O2. The van der Waals surface area contributed by atoms with Crippen molar-refractivity contribution >= 4 is 24.2 Å². The molecular weight excluding hydrogens is 376 g/mol. The van der Waals surface area contributed by atoms with Crippen molar-refractivity contribution in [2.75, 3.05) is 0 Å². The van der Waals surface area contributed by atoms with E-state index in [0.29, 0.717) is 24.7 Å². The van der Waals surface area contributed by atoms with Crippen LogP contribution in [0.4, 0.5) is 0 Å². The maximum Gasteiger partial charge on any atom is 0.240 e. The van der Waals surface area contributed by atoms with Crippen molar-refractivity contribution in [3.8, 4) is 0 Å². The fourth-order valence-corrected chi connectivity index (χ4v) is 3.72. The van der Waals surface area contributed by atoms with Gasteiger partial charge in [-0.25, -0.2) is 10.9 Å². The van der Waals surface area contributed by atoms with E-state index in [1.165, 1.54) is 0 Å². The summed E-state index contributed by atoms with van der Waals surface area (Å²) in [5.74, 6) is 0.912. The van der Waals surface area contributed by atoms with Gasteiger partial charge >= 0.3 is 0 Å². The average molecular weight is 415 g/mol. The first-order valence-corrected chi connectivity index (χ1v) is 11.7. The summed E-state index contributed by atoms with van der Waals surface area (Å²) in [6, 6.07) is 0. The fraction of sp³-hybridized carbons (Fsp3) is 0.667. The van der Waals surface area contributed by atoms with Crippen LogP contribution in [0.3, 0.4) is 0 Å². The number of hydrazone groups is 2. The summed E-state index contributed by atoms with van der Waals surface area (Å²) in [6.45, 7) is 0. The van der Waals surface area contributed by atoms with E-state index in [1.54, 1.807) is 0 Å². The number of hydrogen-bond donors (Lipinski definition) is 2. The minimum Gasteiger partial charge on any atom is -0.273 e. The quantitative estimate of drug-likeness (QED) is 0.192. The van der Waals surface area contributed by atoms with Crippen LogP contribution in [0, 0.1) is 11.8 Å². The van der Waals surface area contributed by atoms with Crippen molar-refractivity contribution in [1.82, 2.24) is 10.9 Å². The molecule has 30 heavy (non-hydrogen) atoms. The highest BCUT2D eigenvalue weighted by Gasteiger charge is 2.08. The van der Waals surface area contributed by atoms with Crippen LogP contribution in [0.15, 0.2) is 34.5 Å². The summed E-state index contributed by atoms with van der Waals surface area (Å²) in [6.07, 6.45) is 26.1. The van der Waals surface area contributed by atoms with E-state index in [1.807, 2.05) is 12.4 Å². The first-order valence-electron chi connectivity index (χ1n) is 11.7. The molecule has 0 aliphatic heterocycles. The van der Waals surface area contributed by atoms with Gasteiger partial charge in [-0.1, -0.05) is 50.0 Å². The molecule has 0 saturated heterocycles. The number of hydrogen-bond acceptors (Lipinski definition) is 4. The van der Waals surface area contributed by atoms with Gasteiger partial charge in [0.15, 0.2) is 0 Å². The minimum absolute atomic E-state index is 0.000855. The van der Waals surface area contributed by atoms with Gasteiger partial charge in [-0.05, 0) is 63.2 Å². The maximum atomic E-state index is 11.8. The summed E-state index contributed by atoms with van der Waals surface area (Å²) in [5, 5.41) is 8.18. The van der Waals surface area contributed by atoms with Gasteiger partial charge in [0.2, 0.25) is 11.8 Å². The molecule has 0 aromatic carbocycles. The van der Waals surface area contributed by atoms with Gasteiger partial charge < -0.3 is 0 Å². The lowest BCUT2D eigenvalue weighted by Gasteiger charge is -2.11. The largest absolute Gasteiger partial charge is 0.273 e. The summed E-state index contributed by atoms with van der Waals surface area (Å²) in [4.78, 5) is 23.6.